The summed E-state index contributed by atoms with van der Waals surface area (Å²) < 4.78 is 38.3. The van der Waals surface area contributed by atoms with E-state index in [-0.39, 0.29) is 30.2 Å². The molecule has 0 spiro atoms. The summed E-state index contributed by atoms with van der Waals surface area (Å²) in [6.45, 7) is 6.16. The Hall–Kier alpha value is -4.86. The Labute approximate surface area is 274 Å². The third-order valence-corrected chi connectivity index (χ3v) is 8.13. The highest BCUT2D eigenvalue weighted by atomic mass is 32.2. The van der Waals surface area contributed by atoms with Gasteiger partial charge in [0.25, 0.3) is 5.69 Å². The lowest BCUT2D eigenvalue weighted by atomic mass is 9.96. The number of methoxy groups -OCH3 is 1. The summed E-state index contributed by atoms with van der Waals surface area (Å²) >= 11 is 1.00. The van der Waals surface area contributed by atoms with Gasteiger partial charge in [-0.3, -0.25) is 29.3 Å². The Balaban J connectivity index is 2.18. The van der Waals surface area contributed by atoms with Gasteiger partial charge in [-0.25, -0.2) is 4.79 Å². The van der Waals surface area contributed by atoms with Gasteiger partial charge in [0.15, 0.2) is 23.7 Å². The number of hydrogen-bond donors (Lipinski definition) is 0. The van der Waals surface area contributed by atoms with Gasteiger partial charge in [0.2, 0.25) is 0 Å². The Morgan fingerprint density at radius 3 is 1.98 bits per heavy atom. The number of nitro benzene ring substituents is 1. The van der Waals surface area contributed by atoms with Crippen molar-refractivity contribution in [3.05, 3.63) is 63.2 Å². The largest absolute Gasteiger partial charge is 0.513 e. The van der Waals surface area contributed by atoms with Crippen molar-refractivity contribution in [3.63, 3.8) is 0 Å². The van der Waals surface area contributed by atoms with Gasteiger partial charge in [-0.05, 0) is 23.6 Å². The molecule has 5 atom stereocenters. The SMILES string of the molecule is CCc1cc(OC(=O)OC)cc(O[C@@H]2S[C@H](COC(C)=O)[C@@H](OC(C)=O)[C@H](OC(C)=O)[C@H]2OC(C)=O)c1Cc1ccc([N+](=O)[O-])cc1. The first-order valence-corrected chi connectivity index (χ1v) is 15.3. The highest BCUT2D eigenvalue weighted by molar-refractivity contribution is 8.00. The minimum absolute atomic E-state index is 0.0618. The van der Waals surface area contributed by atoms with E-state index in [4.69, 9.17) is 28.4 Å². The van der Waals surface area contributed by atoms with E-state index >= 15 is 0 Å². The highest BCUT2D eigenvalue weighted by Gasteiger charge is 2.53. The molecule has 1 saturated heterocycles. The van der Waals surface area contributed by atoms with E-state index in [0.717, 1.165) is 39.6 Å². The van der Waals surface area contributed by atoms with Crippen LogP contribution in [0.15, 0.2) is 36.4 Å². The van der Waals surface area contributed by atoms with Crippen LogP contribution in [0.5, 0.6) is 11.5 Å². The second kappa shape index (κ2) is 16.6. The van der Waals surface area contributed by atoms with Crippen LogP contribution < -0.4 is 9.47 Å². The number of esters is 4. The fourth-order valence-corrected chi connectivity index (χ4v) is 6.22. The van der Waals surface area contributed by atoms with Crippen molar-refractivity contribution >= 4 is 47.5 Å². The summed E-state index contributed by atoms with van der Waals surface area (Å²) in [5, 5.41) is 10.3. The average molecular weight is 678 g/mol. The molecule has 2 aromatic carbocycles. The highest BCUT2D eigenvalue weighted by Crippen LogP contribution is 2.41. The van der Waals surface area contributed by atoms with E-state index in [2.05, 4.69) is 4.74 Å². The smallest absolute Gasteiger partial charge is 0.475 e. The quantitative estimate of drug-likeness (QED) is 0.102. The van der Waals surface area contributed by atoms with E-state index in [9.17, 15) is 34.1 Å². The van der Waals surface area contributed by atoms with Gasteiger partial charge in [0, 0.05) is 57.9 Å². The molecule has 16 heteroatoms. The van der Waals surface area contributed by atoms with Crippen molar-refractivity contribution in [1.29, 1.82) is 0 Å². The first kappa shape index (κ1) is 36.6. The monoisotopic (exact) mass is 677 g/mol. The summed E-state index contributed by atoms with van der Waals surface area (Å²) in [5.74, 6) is -2.67. The predicted octanol–water partition coefficient (Wildman–Crippen LogP) is 4.07. The van der Waals surface area contributed by atoms with Gasteiger partial charge >= 0.3 is 30.0 Å². The molecule has 254 valence electrons. The molecule has 0 amide bonds. The molecule has 1 aliphatic heterocycles. The topological polar surface area (TPSA) is 193 Å². The Morgan fingerprint density at radius 2 is 1.45 bits per heavy atom. The molecule has 3 rings (SSSR count). The summed E-state index contributed by atoms with van der Waals surface area (Å²) in [5.41, 5.74) is 0.705. The van der Waals surface area contributed by atoms with Crippen LogP contribution in [-0.4, -0.2) is 77.7 Å². The van der Waals surface area contributed by atoms with Gasteiger partial charge in [0.05, 0.1) is 17.3 Å². The molecule has 47 heavy (non-hydrogen) atoms. The molecule has 0 unspecified atom stereocenters. The predicted molar refractivity (Wildman–Crippen MR) is 164 cm³/mol. The number of rotatable bonds is 12. The lowest BCUT2D eigenvalue weighted by molar-refractivity contribution is -0.384. The molecule has 1 aliphatic rings. The van der Waals surface area contributed by atoms with Gasteiger partial charge in [0.1, 0.15) is 18.1 Å². The summed E-state index contributed by atoms with van der Waals surface area (Å²) in [7, 11) is 1.14. The number of hydrogen-bond acceptors (Lipinski definition) is 15. The Morgan fingerprint density at radius 1 is 0.851 bits per heavy atom. The second-order valence-electron chi connectivity index (χ2n) is 10.3. The van der Waals surface area contributed by atoms with Crippen molar-refractivity contribution in [2.24, 2.45) is 0 Å². The minimum Gasteiger partial charge on any atom is -0.475 e. The van der Waals surface area contributed by atoms with Crippen LogP contribution in [0.25, 0.3) is 0 Å². The average Bonchev–Trinajstić information content (AvgIpc) is 2.99. The summed E-state index contributed by atoms with van der Waals surface area (Å²) in [4.78, 5) is 71.2. The normalized spacial score (nSPS) is 20.3. The van der Waals surface area contributed by atoms with Crippen molar-refractivity contribution in [3.8, 4) is 11.5 Å². The summed E-state index contributed by atoms with van der Waals surface area (Å²) in [6, 6.07) is 8.94. The number of thioether (sulfide) groups is 1. The van der Waals surface area contributed by atoms with E-state index in [1.807, 2.05) is 6.92 Å². The first-order chi connectivity index (χ1) is 22.2. The zero-order valence-corrected chi connectivity index (χ0v) is 27.4. The number of aryl methyl sites for hydroxylation is 1. The second-order valence-corrected chi connectivity index (χ2v) is 11.6. The van der Waals surface area contributed by atoms with Crippen LogP contribution in [0.2, 0.25) is 0 Å². The minimum atomic E-state index is -1.38. The number of ether oxygens (including phenoxy) is 7. The number of nitrogens with zero attached hydrogens (tertiary/aromatic N) is 1. The van der Waals surface area contributed by atoms with Crippen LogP contribution in [0.3, 0.4) is 0 Å². The van der Waals surface area contributed by atoms with Crippen molar-refractivity contribution < 1.29 is 62.1 Å². The maximum absolute atomic E-state index is 12.3. The van der Waals surface area contributed by atoms with Gasteiger partial charge in [-0.2, -0.15) is 0 Å². The molecule has 1 fully saturated rings. The third kappa shape index (κ3) is 10.3. The summed E-state index contributed by atoms with van der Waals surface area (Å²) in [6.07, 6.45) is -4.30. The Bertz CT molecular complexity index is 1490. The number of non-ortho nitro benzene ring substituents is 1. The molecule has 0 N–H and O–H groups in total. The lowest BCUT2D eigenvalue weighted by Gasteiger charge is -2.43. The molecular formula is C31H35NO14S. The fourth-order valence-electron chi connectivity index (χ4n) is 4.84. The molecule has 0 radical (unpaired) electrons. The van der Waals surface area contributed by atoms with Crippen LogP contribution >= 0.6 is 11.8 Å². The standard InChI is InChI=1S/C31H35NO14S/c1-7-21-13-23(45-31(37)40-6)14-25(24(21)12-20-8-10-22(11-9-20)32(38)39)46-30-29(44-19(5)36)28(43-18(4)35)27(42-17(3)34)26(47-30)15-41-16(2)33/h8-11,13-14,26-30H,7,12,15H2,1-6H3/t26-,27-,28+,29-,30-/m1/s1. The Kier molecular flexibility index (Phi) is 13.0. The first-order valence-electron chi connectivity index (χ1n) is 14.3. The van der Waals surface area contributed by atoms with Crippen LogP contribution in [-0.2, 0) is 55.7 Å². The molecule has 2 aromatic rings. The van der Waals surface area contributed by atoms with Gasteiger partial charge in [-0.1, -0.05) is 19.1 Å². The van der Waals surface area contributed by atoms with Crippen molar-refractivity contribution in [1.82, 2.24) is 0 Å². The van der Waals surface area contributed by atoms with E-state index in [0.29, 0.717) is 23.1 Å². The van der Waals surface area contributed by atoms with Crippen LogP contribution in [0.1, 0.15) is 51.3 Å². The van der Waals surface area contributed by atoms with Crippen molar-refractivity contribution in [2.75, 3.05) is 13.7 Å². The number of benzene rings is 2. The fraction of sp³-hybridized carbons (Fsp3) is 0.452. The number of carbonyl (C=O) groups is 5. The maximum Gasteiger partial charge on any atom is 0.513 e. The molecule has 0 saturated carbocycles. The van der Waals surface area contributed by atoms with Crippen molar-refractivity contribution in [2.45, 2.75) is 76.5 Å². The maximum atomic E-state index is 12.3. The van der Waals surface area contributed by atoms with Gasteiger partial charge in [-0.15, -0.1) is 11.8 Å². The van der Waals surface area contributed by atoms with E-state index in [1.54, 1.807) is 18.2 Å². The van der Waals surface area contributed by atoms with Crippen LogP contribution in [0.4, 0.5) is 10.5 Å². The molecule has 1 heterocycles. The van der Waals surface area contributed by atoms with Gasteiger partial charge < -0.3 is 33.2 Å². The number of carbonyl (C=O) groups excluding carboxylic acids is 5. The molecule has 0 bridgehead atoms. The lowest BCUT2D eigenvalue weighted by Crippen LogP contribution is -2.59. The van der Waals surface area contributed by atoms with E-state index in [1.165, 1.54) is 25.1 Å². The zero-order valence-electron chi connectivity index (χ0n) is 26.5. The van der Waals surface area contributed by atoms with Crippen LogP contribution in [0, 0.1) is 10.1 Å². The third-order valence-electron chi connectivity index (χ3n) is 6.74. The zero-order chi connectivity index (χ0) is 34.8. The molecular weight excluding hydrogens is 642 g/mol. The number of nitro groups is 1. The molecule has 0 aromatic heterocycles. The molecule has 0 aliphatic carbocycles. The van der Waals surface area contributed by atoms with E-state index < -0.39 is 64.0 Å². The molecule has 15 nitrogen and oxygen atoms in total.